The van der Waals surface area contributed by atoms with Gasteiger partial charge in [0.1, 0.15) is 5.69 Å². The Morgan fingerprint density at radius 3 is 2.65 bits per heavy atom. The molecule has 9 nitrogen and oxygen atoms in total. The topological polar surface area (TPSA) is 135 Å². The number of nitrogens with two attached hydrogens (primary N) is 1. The summed E-state index contributed by atoms with van der Waals surface area (Å²) in [4.78, 5) is 16.2. The van der Waals surface area contributed by atoms with E-state index in [0.717, 1.165) is 0 Å². The highest BCUT2D eigenvalue weighted by Gasteiger charge is 2.38. The molecule has 2 aromatic rings. The van der Waals surface area contributed by atoms with Crippen molar-refractivity contribution in [2.24, 2.45) is 9.50 Å². The quantitative estimate of drug-likeness (QED) is 0.644. The predicted octanol–water partition coefficient (Wildman–Crippen LogP) is 3.10. The molecular weight excluding hydrogens is 437 g/mol. The minimum atomic E-state index is -4.69. The number of hydrogen-bond donors (Lipinski definition) is 3. The van der Waals surface area contributed by atoms with Gasteiger partial charge in [0.05, 0.1) is 18.0 Å². The van der Waals surface area contributed by atoms with E-state index in [1.54, 1.807) is 13.8 Å². The maximum Gasteiger partial charge on any atom is 0.433 e. The second-order valence-electron chi connectivity index (χ2n) is 7.50. The molecule has 4 N–H and O–H groups in total. The van der Waals surface area contributed by atoms with Crippen LogP contribution in [0.25, 0.3) is 0 Å². The number of aryl methyl sites for hydroxylation is 1. The number of carbonyl (C=O) groups is 1. The van der Waals surface area contributed by atoms with Gasteiger partial charge in [-0.1, -0.05) is 0 Å². The van der Waals surface area contributed by atoms with E-state index in [4.69, 9.17) is 5.14 Å². The molecule has 0 saturated heterocycles. The molecule has 170 valence electrons. The Balaban J connectivity index is 2.00. The largest absolute Gasteiger partial charge is 0.433 e. The van der Waals surface area contributed by atoms with Crippen LogP contribution in [0.4, 0.5) is 23.7 Å². The minimum absolute atomic E-state index is 0.0393. The van der Waals surface area contributed by atoms with Crippen LogP contribution in [0.1, 0.15) is 54.5 Å². The minimum Gasteiger partial charge on any atom is -0.390 e. The highest BCUT2D eigenvalue weighted by molar-refractivity contribution is 7.91. The van der Waals surface area contributed by atoms with Crippen molar-refractivity contribution in [1.29, 1.82) is 0 Å². The number of hydrogen-bond acceptors (Lipinski definition) is 5. The average Bonchev–Trinajstić information content (AvgIpc) is 3.29. The summed E-state index contributed by atoms with van der Waals surface area (Å²) in [6.07, 6.45) is -3.27. The van der Waals surface area contributed by atoms with Crippen LogP contribution in [-0.4, -0.2) is 30.1 Å². The van der Waals surface area contributed by atoms with Crippen molar-refractivity contribution in [3.8, 4) is 0 Å². The Kier molecular flexibility index (Phi) is 6.13. The number of aromatic nitrogens is 3. The van der Waals surface area contributed by atoms with Gasteiger partial charge in [-0.2, -0.15) is 18.3 Å². The van der Waals surface area contributed by atoms with Crippen LogP contribution >= 0.6 is 0 Å². The molecule has 0 aliphatic heterocycles. The van der Waals surface area contributed by atoms with Crippen LogP contribution in [0.5, 0.6) is 0 Å². The van der Waals surface area contributed by atoms with Gasteiger partial charge < -0.3 is 10.4 Å². The van der Waals surface area contributed by atoms with Gasteiger partial charge in [-0.3, -0.25) is 4.68 Å². The standard InChI is InChI=1S/C18H23F3N6O3S/c1-9(2)27-11(8-28)7-14(25-27)31(22,30)26-17(29)24-15-10(3)16(18(19,20)21)23-13-6-4-5-12(13)15/h7,9,28H,4-6,8H2,1-3H3,(H3,22,23,24,26,29,30)/t31-/m1/s1. The third-order valence-electron chi connectivity index (χ3n) is 4.93. The molecule has 31 heavy (non-hydrogen) atoms. The molecule has 0 bridgehead atoms. The van der Waals surface area contributed by atoms with Crippen molar-refractivity contribution in [3.63, 3.8) is 0 Å². The molecule has 0 radical (unpaired) electrons. The van der Waals surface area contributed by atoms with E-state index in [0.29, 0.717) is 30.5 Å². The summed E-state index contributed by atoms with van der Waals surface area (Å²) in [6, 6.07) is -0.0626. The Hall–Kier alpha value is -2.51. The molecule has 0 aromatic carbocycles. The summed E-state index contributed by atoms with van der Waals surface area (Å²) >= 11 is 0. The number of pyridine rings is 1. The fraction of sp³-hybridized carbons (Fsp3) is 0.500. The molecule has 1 atom stereocenters. The van der Waals surface area contributed by atoms with Crippen molar-refractivity contribution >= 4 is 21.6 Å². The van der Waals surface area contributed by atoms with E-state index < -0.39 is 34.4 Å². The monoisotopic (exact) mass is 460 g/mol. The number of nitrogens with zero attached hydrogens (tertiary/aromatic N) is 4. The molecule has 0 unspecified atom stereocenters. The number of amides is 2. The number of rotatable bonds is 4. The van der Waals surface area contributed by atoms with Gasteiger partial charge in [0.25, 0.3) is 0 Å². The first kappa shape index (κ1) is 23.2. The Bertz CT molecular complexity index is 1150. The van der Waals surface area contributed by atoms with Crippen LogP contribution in [0.15, 0.2) is 15.5 Å². The number of alkyl halides is 3. The second-order valence-corrected chi connectivity index (χ2v) is 9.24. The van der Waals surface area contributed by atoms with Crippen LogP contribution in [0.2, 0.25) is 0 Å². The molecule has 1 aliphatic carbocycles. The van der Waals surface area contributed by atoms with Crippen molar-refractivity contribution in [2.45, 2.75) is 63.9 Å². The van der Waals surface area contributed by atoms with Crippen molar-refractivity contribution < 1.29 is 27.3 Å². The summed E-state index contributed by atoms with van der Waals surface area (Å²) < 4.78 is 57.8. The fourth-order valence-electron chi connectivity index (χ4n) is 3.54. The van der Waals surface area contributed by atoms with Crippen LogP contribution in [0.3, 0.4) is 0 Å². The number of halogens is 3. The van der Waals surface area contributed by atoms with Gasteiger partial charge in [-0.15, -0.1) is 4.36 Å². The van der Waals surface area contributed by atoms with Gasteiger partial charge in [0, 0.05) is 23.4 Å². The molecular formula is C18H23F3N6O3S. The van der Waals surface area contributed by atoms with E-state index in [1.807, 2.05) is 0 Å². The highest BCUT2D eigenvalue weighted by atomic mass is 32.2. The second kappa shape index (κ2) is 8.20. The van der Waals surface area contributed by atoms with Crippen molar-refractivity contribution in [3.05, 3.63) is 34.3 Å². The van der Waals surface area contributed by atoms with Crippen molar-refractivity contribution in [1.82, 2.24) is 14.8 Å². The summed E-state index contributed by atoms with van der Waals surface area (Å²) in [5.74, 6) is 0. The lowest BCUT2D eigenvalue weighted by Crippen LogP contribution is -2.21. The van der Waals surface area contributed by atoms with E-state index in [9.17, 15) is 27.3 Å². The number of fused-ring (bicyclic) bond motifs is 1. The smallest absolute Gasteiger partial charge is 0.390 e. The summed E-state index contributed by atoms with van der Waals surface area (Å²) in [6.45, 7) is 4.38. The molecule has 1 aliphatic rings. The third-order valence-corrected chi connectivity index (χ3v) is 6.16. The molecule has 0 fully saturated rings. The number of urea groups is 1. The maximum atomic E-state index is 13.4. The van der Waals surface area contributed by atoms with Gasteiger partial charge >= 0.3 is 12.2 Å². The number of aliphatic hydroxyl groups excluding tert-OH is 1. The Morgan fingerprint density at radius 2 is 2.10 bits per heavy atom. The zero-order chi connectivity index (χ0) is 23.1. The lowest BCUT2D eigenvalue weighted by molar-refractivity contribution is -0.141. The first-order valence-corrected chi connectivity index (χ1v) is 11.1. The fourth-order valence-corrected chi connectivity index (χ4v) is 4.44. The zero-order valence-electron chi connectivity index (χ0n) is 17.2. The average molecular weight is 460 g/mol. The predicted molar refractivity (Wildman–Crippen MR) is 107 cm³/mol. The number of aliphatic hydroxyl groups is 1. The number of carbonyl (C=O) groups excluding carboxylic acids is 1. The van der Waals surface area contributed by atoms with Gasteiger partial charge in [0.2, 0.25) is 0 Å². The first-order chi connectivity index (χ1) is 14.3. The first-order valence-electron chi connectivity index (χ1n) is 9.50. The lowest BCUT2D eigenvalue weighted by atomic mass is 10.1. The van der Waals surface area contributed by atoms with Crippen LogP contribution in [0, 0.1) is 6.92 Å². The maximum absolute atomic E-state index is 13.4. The van der Waals surface area contributed by atoms with Gasteiger partial charge in [-0.25, -0.2) is 19.1 Å². The molecule has 3 rings (SSSR count). The molecule has 2 amide bonds. The normalized spacial score (nSPS) is 15.6. The summed E-state index contributed by atoms with van der Waals surface area (Å²) in [5.41, 5.74) is -0.264. The zero-order valence-corrected chi connectivity index (χ0v) is 18.0. The van der Waals surface area contributed by atoms with Crippen LogP contribution < -0.4 is 10.5 Å². The van der Waals surface area contributed by atoms with Gasteiger partial charge in [-0.05, 0) is 45.6 Å². The van der Waals surface area contributed by atoms with Gasteiger partial charge in [0.15, 0.2) is 14.9 Å². The molecule has 0 spiro atoms. The van der Waals surface area contributed by atoms with Crippen LogP contribution in [-0.2, 0) is 35.5 Å². The molecule has 13 heteroatoms. The number of anilines is 1. The highest BCUT2D eigenvalue weighted by Crippen LogP contribution is 2.38. The summed E-state index contributed by atoms with van der Waals surface area (Å²) in [5, 5.41) is 21.3. The van der Waals surface area contributed by atoms with E-state index in [-0.39, 0.29) is 28.0 Å². The lowest BCUT2D eigenvalue weighted by Gasteiger charge is -2.17. The third kappa shape index (κ3) is 4.57. The number of nitrogens with one attached hydrogen (secondary N) is 1. The molecule has 2 aromatic heterocycles. The Morgan fingerprint density at radius 1 is 1.42 bits per heavy atom. The van der Waals surface area contributed by atoms with Crippen molar-refractivity contribution in [2.75, 3.05) is 5.32 Å². The SMILES string of the molecule is Cc1c(C(F)(F)F)nc2c(c1NC(=O)N=[S@@](N)(=O)c1cc(CO)n(C(C)C)n1)CCC2. The van der Waals surface area contributed by atoms with E-state index in [1.165, 1.54) is 17.7 Å². The molecule has 0 saturated carbocycles. The molecule has 2 heterocycles. The van der Waals surface area contributed by atoms with E-state index in [2.05, 4.69) is 19.8 Å². The van der Waals surface area contributed by atoms with E-state index >= 15 is 0 Å². The Labute approximate surface area is 177 Å². The summed E-state index contributed by atoms with van der Waals surface area (Å²) in [7, 11) is -3.81.